The Morgan fingerprint density at radius 1 is 1.16 bits per heavy atom. The standard InChI is InChI=1S/C15H21F2NO/c1-9(2)15(19)12(8-18-10(3)4)11-5-6-13(16)14(17)7-11/h5-7,9-10,12,18H,8H2,1-4H3. The van der Waals surface area contributed by atoms with Crippen LogP contribution < -0.4 is 5.32 Å². The van der Waals surface area contributed by atoms with E-state index in [1.54, 1.807) is 0 Å². The van der Waals surface area contributed by atoms with Crippen molar-refractivity contribution < 1.29 is 13.6 Å². The van der Waals surface area contributed by atoms with Crippen LogP contribution in [-0.4, -0.2) is 18.4 Å². The zero-order valence-electron chi connectivity index (χ0n) is 11.8. The molecule has 19 heavy (non-hydrogen) atoms. The topological polar surface area (TPSA) is 29.1 Å². The van der Waals surface area contributed by atoms with Crippen LogP contribution in [0.25, 0.3) is 0 Å². The first-order chi connectivity index (χ1) is 8.82. The number of benzene rings is 1. The molecule has 0 radical (unpaired) electrons. The average Bonchev–Trinajstić information content (AvgIpc) is 2.33. The van der Waals surface area contributed by atoms with Gasteiger partial charge in [0.1, 0.15) is 5.78 Å². The van der Waals surface area contributed by atoms with Crippen molar-refractivity contribution in [3.05, 3.63) is 35.4 Å². The third kappa shape index (κ3) is 4.39. The summed E-state index contributed by atoms with van der Waals surface area (Å²) < 4.78 is 26.3. The van der Waals surface area contributed by atoms with Crippen molar-refractivity contribution in [3.8, 4) is 0 Å². The summed E-state index contributed by atoms with van der Waals surface area (Å²) in [4.78, 5) is 12.2. The fraction of sp³-hybridized carbons (Fsp3) is 0.533. The third-order valence-corrected chi connectivity index (χ3v) is 2.99. The predicted molar refractivity (Wildman–Crippen MR) is 72.1 cm³/mol. The number of halogens is 2. The summed E-state index contributed by atoms with van der Waals surface area (Å²) in [6, 6.07) is 3.89. The van der Waals surface area contributed by atoms with E-state index < -0.39 is 17.6 Å². The fourth-order valence-electron chi connectivity index (χ4n) is 1.87. The van der Waals surface area contributed by atoms with Crippen LogP contribution in [0.4, 0.5) is 8.78 Å². The molecule has 0 heterocycles. The Morgan fingerprint density at radius 3 is 2.26 bits per heavy atom. The first kappa shape index (κ1) is 15.8. The number of hydrogen-bond donors (Lipinski definition) is 1. The zero-order valence-corrected chi connectivity index (χ0v) is 11.8. The molecule has 106 valence electrons. The maximum Gasteiger partial charge on any atom is 0.159 e. The van der Waals surface area contributed by atoms with Gasteiger partial charge in [0.05, 0.1) is 5.92 Å². The molecular weight excluding hydrogens is 248 g/mol. The molecule has 0 saturated carbocycles. The van der Waals surface area contributed by atoms with Gasteiger partial charge in [0.25, 0.3) is 0 Å². The van der Waals surface area contributed by atoms with Crippen LogP contribution in [-0.2, 0) is 4.79 Å². The molecule has 0 aliphatic rings. The fourth-order valence-corrected chi connectivity index (χ4v) is 1.87. The van der Waals surface area contributed by atoms with Crippen molar-refractivity contribution in [1.29, 1.82) is 0 Å². The number of Topliss-reactive ketones (excluding diaryl/α,β-unsaturated/α-hetero) is 1. The minimum atomic E-state index is -0.913. The van der Waals surface area contributed by atoms with E-state index in [0.717, 1.165) is 12.1 Å². The summed E-state index contributed by atoms with van der Waals surface area (Å²) in [5.74, 6) is -2.37. The summed E-state index contributed by atoms with van der Waals surface area (Å²) in [6.07, 6.45) is 0. The molecule has 0 aliphatic carbocycles. The monoisotopic (exact) mass is 269 g/mol. The van der Waals surface area contributed by atoms with Gasteiger partial charge in [0.15, 0.2) is 11.6 Å². The van der Waals surface area contributed by atoms with Gasteiger partial charge in [-0.3, -0.25) is 4.79 Å². The summed E-state index contributed by atoms with van der Waals surface area (Å²) in [6.45, 7) is 8.00. The van der Waals surface area contributed by atoms with Crippen molar-refractivity contribution >= 4 is 5.78 Å². The quantitative estimate of drug-likeness (QED) is 0.858. The van der Waals surface area contributed by atoms with E-state index in [2.05, 4.69) is 5.32 Å². The van der Waals surface area contributed by atoms with Gasteiger partial charge >= 0.3 is 0 Å². The van der Waals surface area contributed by atoms with Crippen molar-refractivity contribution in [2.24, 2.45) is 5.92 Å². The lowest BCUT2D eigenvalue weighted by molar-refractivity contribution is -0.123. The Bertz CT molecular complexity index is 444. The van der Waals surface area contributed by atoms with Crippen LogP contribution in [0.1, 0.15) is 39.2 Å². The molecule has 0 aromatic heterocycles. The number of rotatable bonds is 6. The van der Waals surface area contributed by atoms with E-state index in [9.17, 15) is 13.6 Å². The van der Waals surface area contributed by atoms with Gasteiger partial charge in [-0.25, -0.2) is 8.78 Å². The second-order valence-corrected chi connectivity index (χ2v) is 5.35. The number of carbonyl (C=O) groups is 1. The van der Waals surface area contributed by atoms with Gasteiger partial charge in [-0.15, -0.1) is 0 Å². The summed E-state index contributed by atoms with van der Waals surface area (Å²) in [7, 11) is 0. The maximum atomic E-state index is 13.3. The number of carbonyl (C=O) groups excluding carboxylic acids is 1. The van der Waals surface area contributed by atoms with E-state index in [0.29, 0.717) is 12.1 Å². The van der Waals surface area contributed by atoms with Gasteiger partial charge in [0.2, 0.25) is 0 Å². The summed E-state index contributed by atoms with van der Waals surface area (Å²) >= 11 is 0. The molecule has 0 spiro atoms. The van der Waals surface area contributed by atoms with Crippen molar-refractivity contribution in [1.82, 2.24) is 5.32 Å². The lowest BCUT2D eigenvalue weighted by Gasteiger charge is -2.20. The SMILES string of the molecule is CC(C)NCC(C(=O)C(C)C)c1ccc(F)c(F)c1. The van der Waals surface area contributed by atoms with Crippen molar-refractivity contribution in [2.75, 3.05) is 6.54 Å². The Kier molecular flexibility index (Phi) is 5.60. The number of nitrogens with one attached hydrogen (secondary N) is 1. The van der Waals surface area contributed by atoms with Crippen molar-refractivity contribution in [3.63, 3.8) is 0 Å². The second-order valence-electron chi connectivity index (χ2n) is 5.35. The lowest BCUT2D eigenvalue weighted by atomic mass is 9.88. The smallest absolute Gasteiger partial charge is 0.159 e. The molecule has 0 aliphatic heterocycles. The molecule has 2 nitrogen and oxygen atoms in total. The molecule has 0 bridgehead atoms. The molecular formula is C15H21F2NO. The molecule has 0 fully saturated rings. The van der Waals surface area contributed by atoms with Gasteiger partial charge in [-0.1, -0.05) is 33.8 Å². The lowest BCUT2D eigenvalue weighted by Crippen LogP contribution is -2.33. The van der Waals surface area contributed by atoms with Crippen LogP contribution in [0.5, 0.6) is 0 Å². The summed E-state index contributed by atoms with van der Waals surface area (Å²) in [5, 5.41) is 3.18. The Hall–Kier alpha value is -1.29. The Morgan fingerprint density at radius 2 is 1.79 bits per heavy atom. The van der Waals surface area contributed by atoms with Crippen LogP contribution in [0.3, 0.4) is 0 Å². The Labute approximate surface area is 113 Å². The highest BCUT2D eigenvalue weighted by atomic mass is 19.2. The molecule has 1 unspecified atom stereocenters. The van der Waals surface area contributed by atoms with Gasteiger partial charge in [0, 0.05) is 18.5 Å². The predicted octanol–water partition coefficient (Wildman–Crippen LogP) is 3.27. The molecule has 0 saturated heterocycles. The highest BCUT2D eigenvalue weighted by Gasteiger charge is 2.24. The van der Waals surface area contributed by atoms with E-state index in [1.165, 1.54) is 6.07 Å². The zero-order chi connectivity index (χ0) is 14.6. The molecule has 1 aromatic rings. The van der Waals surface area contributed by atoms with Gasteiger partial charge < -0.3 is 5.32 Å². The van der Waals surface area contributed by atoms with Crippen molar-refractivity contribution in [2.45, 2.75) is 39.7 Å². The summed E-state index contributed by atoms with van der Waals surface area (Å²) in [5.41, 5.74) is 0.519. The van der Waals surface area contributed by atoms with E-state index in [-0.39, 0.29) is 17.7 Å². The molecule has 1 rings (SSSR count). The van der Waals surface area contributed by atoms with Crippen LogP contribution in [0.15, 0.2) is 18.2 Å². The second kappa shape index (κ2) is 6.75. The van der Waals surface area contributed by atoms with E-state index in [1.807, 2.05) is 27.7 Å². The number of hydrogen-bond acceptors (Lipinski definition) is 2. The molecule has 0 amide bonds. The first-order valence-corrected chi connectivity index (χ1v) is 6.55. The van der Waals surface area contributed by atoms with Gasteiger partial charge in [-0.05, 0) is 17.7 Å². The van der Waals surface area contributed by atoms with Crippen LogP contribution >= 0.6 is 0 Å². The maximum absolute atomic E-state index is 13.3. The third-order valence-electron chi connectivity index (χ3n) is 2.99. The number of ketones is 1. The van der Waals surface area contributed by atoms with Gasteiger partial charge in [-0.2, -0.15) is 0 Å². The van der Waals surface area contributed by atoms with Crippen LogP contribution in [0, 0.1) is 17.6 Å². The molecule has 1 N–H and O–H groups in total. The highest BCUT2D eigenvalue weighted by molar-refractivity contribution is 5.87. The average molecular weight is 269 g/mol. The van der Waals surface area contributed by atoms with Crippen LogP contribution in [0.2, 0.25) is 0 Å². The Balaban J connectivity index is 3.00. The molecule has 4 heteroatoms. The largest absolute Gasteiger partial charge is 0.313 e. The highest BCUT2D eigenvalue weighted by Crippen LogP contribution is 2.22. The van der Waals surface area contributed by atoms with E-state index >= 15 is 0 Å². The minimum absolute atomic E-state index is 0.0270. The normalized spacial score (nSPS) is 13.1. The molecule has 1 aromatic carbocycles. The van der Waals surface area contributed by atoms with E-state index in [4.69, 9.17) is 0 Å². The minimum Gasteiger partial charge on any atom is -0.313 e. The first-order valence-electron chi connectivity index (χ1n) is 6.55. The molecule has 1 atom stereocenters.